The van der Waals surface area contributed by atoms with Crippen LogP contribution in [-0.4, -0.2) is 42.5 Å². The van der Waals surface area contributed by atoms with E-state index >= 15 is 0 Å². The maximum absolute atomic E-state index is 12.7. The molecule has 10 heteroatoms. The maximum Gasteiger partial charge on any atom is 0.196 e. The number of aromatic hydroxyl groups is 4. The fourth-order valence-electron chi connectivity index (χ4n) is 5.63. The van der Waals surface area contributed by atoms with Crippen molar-refractivity contribution in [2.75, 3.05) is 0 Å². The van der Waals surface area contributed by atoms with E-state index in [1.807, 2.05) is 0 Å². The molecule has 1 aliphatic heterocycles. The van der Waals surface area contributed by atoms with Crippen molar-refractivity contribution in [1.29, 1.82) is 0 Å². The normalized spacial score (nSPS) is 20.7. The molecule has 1 aliphatic carbocycles. The third-order valence-corrected chi connectivity index (χ3v) is 7.15. The highest BCUT2D eigenvalue weighted by atomic mass is 16.5. The second-order valence-corrected chi connectivity index (χ2v) is 9.70. The van der Waals surface area contributed by atoms with Gasteiger partial charge in [0.2, 0.25) is 0 Å². The number of carbonyl (C=O) groups excluding carboxylic acids is 1. The molecule has 0 fully saturated rings. The van der Waals surface area contributed by atoms with E-state index in [1.165, 1.54) is 18.2 Å². The number of carbonyl (C=O) groups is 1. The van der Waals surface area contributed by atoms with Crippen molar-refractivity contribution in [3.63, 3.8) is 0 Å². The average molecular weight is 518 g/mol. The Hall–Kier alpha value is -4.70. The summed E-state index contributed by atoms with van der Waals surface area (Å²) in [7, 11) is 0. The maximum atomic E-state index is 12.7. The van der Waals surface area contributed by atoms with Gasteiger partial charge in [-0.15, -0.1) is 0 Å². The highest BCUT2D eigenvalue weighted by Gasteiger charge is 2.38. The van der Waals surface area contributed by atoms with Crippen molar-refractivity contribution in [3.05, 3.63) is 74.3 Å². The molecule has 38 heavy (non-hydrogen) atoms. The molecule has 10 nitrogen and oxygen atoms in total. The van der Waals surface area contributed by atoms with E-state index in [-0.39, 0.29) is 67.7 Å². The average Bonchev–Trinajstić information content (AvgIpc) is 2.79. The third kappa shape index (κ3) is 3.16. The number of hydrogen-bond donors (Lipinski definition) is 6. The van der Waals surface area contributed by atoms with E-state index in [2.05, 4.69) is 0 Å². The van der Waals surface area contributed by atoms with Gasteiger partial charge in [-0.25, -0.2) is 0 Å². The molecule has 194 valence electrons. The van der Waals surface area contributed by atoms with Crippen molar-refractivity contribution in [1.82, 2.24) is 0 Å². The van der Waals surface area contributed by atoms with Crippen LogP contribution in [0.15, 0.2) is 45.3 Å². The van der Waals surface area contributed by atoms with Crippen LogP contribution in [0, 0.1) is 6.92 Å². The van der Waals surface area contributed by atoms with Gasteiger partial charge < -0.3 is 39.8 Å². The van der Waals surface area contributed by atoms with Crippen LogP contribution in [-0.2, 0) is 0 Å². The molecule has 2 heterocycles. The van der Waals surface area contributed by atoms with Gasteiger partial charge in [-0.3, -0.25) is 9.59 Å². The highest BCUT2D eigenvalue weighted by Crippen LogP contribution is 2.53. The second kappa shape index (κ2) is 7.90. The molecule has 0 unspecified atom stereocenters. The minimum Gasteiger partial charge on any atom is -0.512 e. The van der Waals surface area contributed by atoms with Crippen molar-refractivity contribution in [2.45, 2.75) is 38.4 Å². The number of aliphatic hydroxyl groups excluding tert-OH is 2. The SMILES string of the molecule is Cc1cc(=O)c2c(O)c3c(cc2o1)[C@H](c1c(O)cc(O)c2c(O)c4c(cc12)O[C@H](C)CC4=O)C(O)=C[C@@H]3O. The monoisotopic (exact) mass is 518 g/mol. The van der Waals surface area contributed by atoms with Gasteiger partial charge in [0, 0.05) is 35.1 Å². The van der Waals surface area contributed by atoms with Crippen molar-refractivity contribution < 1.29 is 44.6 Å². The van der Waals surface area contributed by atoms with Crippen molar-refractivity contribution in [2.24, 2.45) is 0 Å². The lowest BCUT2D eigenvalue weighted by Gasteiger charge is -2.30. The summed E-state index contributed by atoms with van der Waals surface area (Å²) in [5.41, 5.74) is -0.635. The predicted molar refractivity (Wildman–Crippen MR) is 134 cm³/mol. The van der Waals surface area contributed by atoms with Gasteiger partial charge in [-0.2, -0.15) is 0 Å². The van der Waals surface area contributed by atoms with E-state index in [4.69, 9.17) is 9.15 Å². The third-order valence-electron chi connectivity index (χ3n) is 7.15. The molecule has 0 saturated carbocycles. The van der Waals surface area contributed by atoms with Crippen LogP contribution < -0.4 is 10.2 Å². The van der Waals surface area contributed by atoms with Gasteiger partial charge >= 0.3 is 0 Å². The molecule has 2 aliphatic rings. The van der Waals surface area contributed by atoms with Gasteiger partial charge in [0.1, 0.15) is 69.0 Å². The Bertz CT molecular complexity index is 1810. The van der Waals surface area contributed by atoms with Crippen LogP contribution in [0.2, 0.25) is 0 Å². The van der Waals surface area contributed by atoms with Crippen LogP contribution in [0.3, 0.4) is 0 Å². The first-order valence-electron chi connectivity index (χ1n) is 11.8. The standard InChI is InChI=1S/C28H22O10/c1-9-3-13(29)25-19(37-9)5-11-21(15(31)7-17(33)23(11)27(25)35)22-12-6-20-26(14(30)4-10(2)38-20)28(36)24(12)18(34)8-16(22)32/h3,5-8,10,17,21,31-36H,4H2,1-2H3/t10-,17+,21+/m1/s1. The van der Waals surface area contributed by atoms with Crippen LogP contribution in [0.1, 0.15) is 58.2 Å². The molecule has 0 bridgehead atoms. The number of ketones is 1. The number of fused-ring (bicyclic) bond motifs is 4. The van der Waals surface area contributed by atoms with Gasteiger partial charge in [0.15, 0.2) is 11.2 Å². The zero-order valence-electron chi connectivity index (χ0n) is 20.1. The molecule has 0 saturated heterocycles. The Morgan fingerprint density at radius 1 is 0.895 bits per heavy atom. The number of phenols is 4. The Morgan fingerprint density at radius 2 is 1.63 bits per heavy atom. The summed E-state index contributed by atoms with van der Waals surface area (Å²) >= 11 is 0. The zero-order chi connectivity index (χ0) is 27.2. The molecular weight excluding hydrogens is 496 g/mol. The summed E-state index contributed by atoms with van der Waals surface area (Å²) in [5.74, 6) is -3.84. The molecule has 0 radical (unpaired) electrons. The fourth-order valence-corrected chi connectivity index (χ4v) is 5.63. The number of allylic oxidation sites excluding steroid dienone is 1. The minimum absolute atomic E-state index is 0.0105. The van der Waals surface area contributed by atoms with Crippen LogP contribution in [0.4, 0.5) is 0 Å². The fraction of sp³-hybridized carbons (Fsp3) is 0.214. The summed E-state index contributed by atoms with van der Waals surface area (Å²) in [6.45, 7) is 3.23. The molecule has 6 N–H and O–H groups in total. The van der Waals surface area contributed by atoms with E-state index in [0.717, 1.165) is 12.1 Å². The lowest BCUT2D eigenvalue weighted by molar-refractivity contribution is 0.0867. The first kappa shape index (κ1) is 23.7. The van der Waals surface area contributed by atoms with E-state index in [1.54, 1.807) is 13.8 Å². The second-order valence-electron chi connectivity index (χ2n) is 9.70. The predicted octanol–water partition coefficient (Wildman–Crippen LogP) is 4.05. The van der Waals surface area contributed by atoms with E-state index in [0.29, 0.717) is 0 Å². The molecule has 1 aromatic heterocycles. The Balaban J connectivity index is 1.73. The van der Waals surface area contributed by atoms with Gasteiger partial charge in [0.25, 0.3) is 0 Å². The number of ether oxygens (including phenoxy) is 1. The summed E-state index contributed by atoms with van der Waals surface area (Å²) < 4.78 is 11.4. The Kier molecular flexibility index (Phi) is 4.92. The van der Waals surface area contributed by atoms with E-state index < -0.39 is 52.3 Å². The Labute approximate surface area is 213 Å². The molecule has 0 amide bonds. The summed E-state index contributed by atoms with van der Waals surface area (Å²) in [6, 6.07) is 4.93. The topological polar surface area (TPSA) is 178 Å². The molecule has 3 aromatic carbocycles. The van der Waals surface area contributed by atoms with Crippen LogP contribution in [0.5, 0.6) is 28.7 Å². The highest BCUT2D eigenvalue weighted by molar-refractivity contribution is 6.11. The lowest BCUT2D eigenvalue weighted by atomic mass is 9.77. The number of benzene rings is 3. The summed E-state index contributed by atoms with van der Waals surface area (Å²) in [6.07, 6.45) is -0.923. The molecular formula is C28H22O10. The number of rotatable bonds is 1. The largest absolute Gasteiger partial charge is 0.512 e. The van der Waals surface area contributed by atoms with Crippen LogP contribution in [0.25, 0.3) is 21.7 Å². The lowest BCUT2D eigenvalue weighted by Crippen LogP contribution is -2.24. The molecule has 4 aromatic rings. The Morgan fingerprint density at radius 3 is 2.37 bits per heavy atom. The minimum atomic E-state index is -1.50. The number of hydrogen-bond acceptors (Lipinski definition) is 10. The van der Waals surface area contributed by atoms with Crippen molar-refractivity contribution in [3.8, 4) is 28.7 Å². The van der Waals surface area contributed by atoms with Crippen molar-refractivity contribution >= 4 is 27.5 Å². The smallest absolute Gasteiger partial charge is 0.196 e. The number of phenolic OH excluding ortho intramolecular Hbond substituents is 4. The summed E-state index contributed by atoms with van der Waals surface area (Å²) in [5, 5.41) is 65.3. The zero-order valence-corrected chi connectivity index (χ0v) is 20.1. The quantitative estimate of drug-likeness (QED) is 0.215. The number of Topliss-reactive ketones (excluding diaryl/α,β-unsaturated/α-hetero) is 1. The molecule has 6 rings (SSSR count). The van der Waals surface area contributed by atoms with Gasteiger partial charge in [-0.1, -0.05) is 0 Å². The van der Waals surface area contributed by atoms with Gasteiger partial charge in [-0.05, 0) is 37.6 Å². The summed E-state index contributed by atoms with van der Waals surface area (Å²) in [4.78, 5) is 25.3. The van der Waals surface area contributed by atoms with Crippen LogP contribution >= 0.6 is 0 Å². The number of aryl methyl sites for hydroxylation is 1. The first-order chi connectivity index (χ1) is 18.0. The number of aliphatic hydroxyl groups is 2. The first-order valence-corrected chi connectivity index (χ1v) is 11.8. The van der Waals surface area contributed by atoms with E-state index in [9.17, 15) is 40.2 Å². The molecule has 3 atom stereocenters. The molecule has 0 spiro atoms. The van der Waals surface area contributed by atoms with Gasteiger partial charge in [0.05, 0.1) is 11.3 Å².